The molecule has 32 heavy (non-hydrogen) atoms. The Morgan fingerprint density at radius 3 is 2.69 bits per heavy atom. The molecule has 2 atom stereocenters. The van der Waals surface area contributed by atoms with Crippen LogP contribution < -0.4 is 15.2 Å². The predicted octanol–water partition coefficient (Wildman–Crippen LogP) is 2.50. The number of pyridine rings is 1. The standard InChI is InChI=1S/C19H23ClN8O3S/c1-11(16(31-3)17-22-9-12(20)10-23-17)32-27-19-26-25-18(28(19)8-7-14(21)29)13-5-4-6-15(24-13)30-2/h4-6,9-11,16H,7-8H2,1-3H3,(H2,21,29)(H,26,27). The number of methoxy groups -OCH3 is 2. The highest BCUT2D eigenvalue weighted by Gasteiger charge is 2.24. The summed E-state index contributed by atoms with van der Waals surface area (Å²) in [6, 6.07) is 5.31. The summed E-state index contributed by atoms with van der Waals surface area (Å²) in [6.45, 7) is 2.24. The molecular weight excluding hydrogens is 456 g/mol. The first-order valence-corrected chi connectivity index (χ1v) is 10.8. The largest absolute Gasteiger partial charge is 0.481 e. The van der Waals surface area contributed by atoms with E-state index >= 15 is 0 Å². The SMILES string of the molecule is COc1cccc(-c2nnc(NSC(C)C(OC)c3ncc(Cl)cn3)n2CCC(N)=O)n1. The van der Waals surface area contributed by atoms with Crippen LogP contribution in [0.2, 0.25) is 5.02 Å². The summed E-state index contributed by atoms with van der Waals surface area (Å²) in [7, 11) is 3.12. The molecule has 0 saturated heterocycles. The van der Waals surface area contributed by atoms with Crippen LogP contribution >= 0.6 is 23.5 Å². The Balaban J connectivity index is 1.81. The lowest BCUT2D eigenvalue weighted by atomic mass is 10.2. The number of anilines is 1. The second kappa shape index (κ2) is 11.1. The van der Waals surface area contributed by atoms with Gasteiger partial charge < -0.3 is 15.2 Å². The first-order valence-electron chi connectivity index (χ1n) is 9.57. The van der Waals surface area contributed by atoms with E-state index in [-0.39, 0.29) is 18.2 Å². The maximum atomic E-state index is 11.4. The Labute approximate surface area is 194 Å². The molecule has 2 unspecified atom stereocenters. The third-order valence-electron chi connectivity index (χ3n) is 4.41. The van der Waals surface area contributed by atoms with Crippen molar-refractivity contribution in [3.05, 3.63) is 41.4 Å². The lowest BCUT2D eigenvalue weighted by Crippen LogP contribution is -2.19. The summed E-state index contributed by atoms with van der Waals surface area (Å²) < 4.78 is 15.7. The lowest BCUT2D eigenvalue weighted by molar-refractivity contribution is -0.118. The van der Waals surface area contributed by atoms with Crippen LogP contribution in [-0.4, -0.2) is 55.1 Å². The molecule has 0 spiro atoms. The Bertz CT molecular complexity index is 1050. The minimum atomic E-state index is -0.436. The van der Waals surface area contributed by atoms with Gasteiger partial charge in [0, 0.05) is 38.5 Å². The zero-order valence-electron chi connectivity index (χ0n) is 17.7. The van der Waals surface area contributed by atoms with Crippen LogP contribution in [0.1, 0.15) is 25.3 Å². The van der Waals surface area contributed by atoms with E-state index in [1.54, 1.807) is 29.9 Å². The van der Waals surface area contributed by atoms with Gasteiger partial charge in [0.05, 0.1) is 17.4 Å². The van der Waals surface area contributed by atoms with Crippen LogP contribution in [-0.2, 0) is 16.1 Å². The fraction of sp³-hybridized carbons (Fsp3) is 0.368. The molecule has 0 aromatic carbocycles. The van der Waals surface area contributed by atoms with Crippen molar-refractivity contribution in [1.82, 2.24) is 29.7 Å². The monoisotopic (exact) mass is 478 g/mol. The number of nitrogens with zero attached hydrogens (tertiary/aromatic N) is 6. The number of aromatic nitrogens is 6. The molecule has 0 saturated carbocycles. The van der Waals surface area contributed by atoms with Crippen LogP contribution in [0.15, 0.2) is 30.6 Å². The van der Waals surface area contributed by atoms with Gasteiger partial charge in [0.25, 0.3) is 0 Å². The number of ether oxygens (including phenoxy) is 2. The minimum Gasteiger partial charge on any atom is -0.481 e. The maximum Gasteiger partial charge on any atom is 0.234 e. The second-order valence-electron chi connectivity index (χ2n) is 6.62. The number of nitrogens with two attached hydrogens (primary N) is 1. The minimum absolute atomic E-state index is 0.110. The number of hydrogen-bond donors (Lipinski definition) is 2. The quantitative estimate of drug-likeness (QED) is 0.394. The fourth-order valence-corrected chi connectivity index (χ4v) is 3.73. The van der Waals surface area contributed by atoms with E-state index in [9.17, 15) is 4.79 Å². The predicted molar refractivity (Wildman–Crippen MR) is 121 cm³/mol. The summed E-state index contributed by atoms with van der Waals surface area (Å²) in [5.74, 6) is 1.43. The van der Waals surface area contributed by atoms with E-state index in [1.807, 2.05) is 6.92 Å². The Morgan fingerprint density at radius 1 is 1.28 bits per heavy atom. The number of halogens is 1. The van der Waals surface area contributed by atoms with Gasteiger partial charge in [0.1, 0.15) is 11.8 Å². The first-order chi connectivity index (χ1) is 15.4. The Morgan fingerprint density at radius 2 is 2.03 bits per heavy atom. The molecular formula is C19H23ClN8O3S. The van der Waals surface area contributed by atoms with E-state index in [0.29, 0.717) is 34.2 Å². The van der Waals surface area contributed by atoms with Crippen LogP contribution in [0, 0.1) is 0 Å². The van der Waals surface area contributed by atoms with E-state index < -0.39 is 12.0 Å². The van der Waals surface area contributed by atoms with Gasteiger partial charge in [-0.15, -0.1) is 10.2 Å². The zero-order chi connectivity index (χ0) is 23.1. The summed E-state index contributed by atoms with van der Waals surface area (Å²) in [5, 5.41) is 8.81. The van der Waals surface area contributed by atoms with E-state index in [0.717, 1.165) is 0 Å². The molecule has 3 rings (SSSR count). The number of nitrogens with one attached hydrogen (secondary N) is 1. The Hall–Kier alpha value is -2.96. The molecule has 0 bridgehead atoms. The van der Waals surface area contributed by atoms with Gasteiger partial charge in [-0.2, -0.15) is 0 Å². The number of hydrogen-bond acceptors (Lipinski definition) is 10. The van der Waals surface area contributed by atoms with Crippen LogP contribution in [0.3, 0.4) is 0 Å². The highest BCUT2D eigenvalue weighted by molar-refractivity contribution is 8.01. The zero-order valence-corrected chi connectivity index (χ0v) is 19.3. The van der Waals surface area contributed by atoms with Crippen molar-refractivity contribution in [3.63, 3.8) is 0 Å². The Kier molecular flexibility index (Phi) is 8.20. The number of carbonyl (C=O) groups excluding carboxylic acids is 1. The van der Waals surface area contributed by atoms with Crippen molar-refractivity contribution in [2.75, 3.05) is 18.9 Å². The van der Waals surface area contributed by atoms with Gasteiger partial charge in [-0.3, -0.25) is 14.1 Å². The molecule has 3 heterocycles. The van der Waals surface area contributed by atoms with E-state index in [2.05, 4.69) is 29.9 Å². The molecule has 11 nitrogen and oxygen atoms in total. The second-order valence-corrected chi connectivity index (χ2v) is 8.24. The normalized spacial score (nSPS) is 12.9. The van der Waals surface area contributed by atoms with Gasteiger partial charge >= 0.3 is 0 Å². The molecule has 13 heteroatoms. The molecule has 3 aromatic rings. The van der Waals surface area contributed by atoms with Crippen molar-refractivity contribution in [1.29, 1.82) is 0 Å². The highest BCUT2D eigenvalue weighted by atomic mass is 35.5. The summed E-state index contributed by atoms with van der Waals surface area (Å²) >= 11 is 7.23. The van der Waals surface area contributed by atoms with Crippen LogP contribution in [0.25, 0.3) is 11.5 Å². The molecule has 1 amide bonds. The van der Waals surface area contributed by atoms with Gasteiger partial charge in [-0.05, 0) is 24.9 Å². The molecule has 0 aliphatic carbocycles. The number of rotatable bonds is 11. The lowest BCUT2D eigenvalue weighted by Gasteiger charge is -2.21. The van der Waals surface area contributed by atoms with Gasteiger partial charge in [-0.25, -0.2) is 15.0 Å². The van der Waals surface area contributed by atoms with Crippen LogP contribution in [0.4, 0.5) is 5.95 Å². The third kappa shape index (κ3) is 5.84. The number of amides is 1. The summed E-state index contributed by atoms with van der Waals surface area (Å²) in [6.07, 6.45) is 2.76. The number of primary amides is 1. The van der Waals surface area contributed by atoms with Crippen molar-refractivity contribution >= 4 is 35.4 Å². The first kappa shape index (κ1) is 23.7. The summed E-state index contributed by atoms with van der Waals surface area (Å²) in [4.78, 5) is 24.3. The van der Waals surface area contributed by atoms with Crippen molar-refractivity contribution < 1.29 is 14.3 Å². The highest BCUT2D eigenvalue weighted by Crippen LogP contribution is 2.29. The van der Waals surface area contributed by atoms with Crippen molar-refractivity contribution in [2.24, 2.45) is 5.73 Å². The van der Waals surface area contributed by atoms with E-state index in [4.69, 9.17) is 26.8 Å². The van der Waals surface area contributed by atoms with Crippen LogP contribution in [0.5, 0.6) is 5.88 Å². The third-order valence-corrected chi connectivity index (χ3v) is 5.52. The maximum absolute atomic E-state index is 11.4. The average Bonchev–Trinajstić information content (AvgIpc) is 3.20. The fourth-order valence-electron chi connectivity index (χ4n) is 2.84. The molecule has 0 radical (unpaired) electrons. The van der Waals surface area contributed by atoms with E-state index in [1.165, 1.54) is 31.5 Å². The van der Waals surface area contributed by atoms with Crippen molar-refractivity contribution in [3.8, 4) is 17.4 Å². The van der Waals surface area contributed by atoms with Gasteiger partial charge in [0.2, 0.25) is 17.7 Å². The molecule has 3 N–H and O–H groups in total. The number of carbonyl (C=O) groups is 1. The molecule has 0 aliphatic rings. The topological polar surface area (TPSA) is 143 Å². The molecule has 0 aliphatic heterocycles. The average molecular weight is 479 g/mol. The van der Waals surface area contributed by atoms with Gasteiger partial charge in [-0.1, -0.05) is 17.7 Å². The molecule has 3 aromatic heterocycles. The van der Waals surface area contributed by atoms with Gasteiger partial charge in [0.15, 0.2) is 11.6 Å². The summed E-state index contributed by atoms with van der Waals surface area (Å²) in [5.41, 5.74) is 5.91. The molecule has 170 valence electrons. The molecule has 0 fully saturated rings. The van der Waals surface area contributed by atoms with Crippen molar-refractivity contribution in [2.45, 2.75) is 31.2 Å². The smallest absolute Gasteiger partial charge is 0.234 e.